The minimum atomic E-state index is -0.529. The molecule has 1 heterocycles. The number of ketones is 1. The summed E-state index contributed by atoms with van der Waals surface area (Å²) >= 11 is 0. The van der Waals surface area contributed by atoms with Crippen molar-refractivity contribution in [2.24, 2.45) is 5.92 Å². The van der Waals surface area contributed by atoms with Crippen molar-refractivity contribution in [2.45, 2.75) is 51.9 Å². The average Bonchev–Trinajstić information content (AvgIpc) is 2.47. The zero-order valence-corrected chi connectivity index (χ0v) is 10.5. The van der Waals surface area contributed by atoms with Gasteiger partial charge in [-0.25, -0.2) is 0 Å². The van der Waals surface area contributed by atoms with E-state index in [4.69, 9.17) is 9.47 Å². The van der Waals surface area contributed by atoms with Gasteiger partial charge >= 0.3 is 0 Å². The fraction of sp³-hybridized carbons (Fsp3) is 0.769. The first kappa shape index (κ1) is 11.8. The fourth-order valence-electron chi connectivity index (χ4n) is 2.43. The third-order valence-corrected chi connectivity index (χ3v) is 3.25. The first-order valence-corrected chi connectivity index (χ1v) is 5.94. The number of hydrogen-bond donors (Lipinski definition) is 0. The molecule has 1 fully saturated rings. The average molecular weight is 224 g/mol. The number of carbonyl (C=O) groups is 1. The summed E-state index contributed by atoms with van der Waals surface area (Å²) in [6.45, 7) is 8.49. The fourth-order valence-corrected chi connectivity index (χ4v) is 2.43. The van der Waals surface area contributed by atoms with Gasteiger partial charge in [0.2, 0.25) is 0 Å². The summed E-state index contributed by atoms with van der Waals surface area (Å²) in [7, 11) is 0. The van der Waals surface area contributed by atoms with Crippen LogP contribution in [-0.2, 0) is 14.3 Å². The third-order valence-electron chi connectivity index (χ3n) is 3.25. The Morgan fingerprint density at radius 1 is 1.38 bits per heavy atom. The van der Waals surface area contributed by atoms with Gasteiger partial charge in [-0.3, -0.25) is 4.79 Å². The van der Waals surface area contributed by atoms with Crippen molar-refractivity contribution in [3.05, 3.63) is 11.6 Å². The molecular weight excluding hydrogens is 204 g/mol. The van der Waals surface area contributed by atoms with Crippen molar-refractivity contribution in [1.82, 2.24) is 0 Å². The molecule has 2 rings (SSSR count). The molecule has 3 nitrogen and oxygen atoms in total. The summed E-state index contributed by atoms with van der Waals surface area (Å²) in [6.07, 6.45) is 3.31. The lowest BCUT2D eigenvalue weighted by molar-refractivity contribution is -0.155. The van der Waals surface area contributed by atoms with E-state index in [1.165, 1.54) is 0 Å². The molecule has 1 atom stereocenters. The molecule has 1 spiro atoms. The van der Waals surface area contributed by atoms with Gasteiger partial charge in [0.25, 0.3) is 0 Å². The monoisotopic (exact) mass is 224 g/mol. The highest BCUT2D eigenvalue weighted by Gasteiger charge is 2.46. The van der Waals surface area contributed by atoms with Crippen molar-refractivity contribution >= 4 is 5.78 Å². The number of rotatable bonds is 1. The molecule has 0 bridgehead atoms. The van der Waals surface area contributed by atoms with Crippen LogP contribution in [-0.4, -0.2) is 23.8 Å². The van der Waals surface area contributed by atoms with Gasteiger partial charge in [-0.05, 0) is 37.8 Å². The standard InChI is InChI=1S/C13H20O3/c1-9(2)10-7-13(6-5-11(10)14)8-15-12(3,4)16-13/h7,9H,5-6,8H2,1-4H3. The summed E-state index contributed by atoms with van der Waals surface area (Å²) in [6, 6.07) is 0. The first-order valence-electron chi connectivity index (χ1n) is 5.94. The first-order chi connectivity index (χ1) is 7.34. The third kappa shape index (κ3) is 2.06. The predicted molar refractivity (Wildman–Crippen MR) is 61.0 cm³/mol. The van der Waals surface area contributed by atoms with Gasteiger partial charge in [0, 0.05) is 6.42 Å². The summed E-state index contributed by atoms with van der Waals surface area (Å²) in [5.74, 6) is -0.00942. The number of allylic oxidation sites excluding steroid dienone is 1. The summed E-state index contributed by atoms with van der Waals surface area (Å²) < 4.78 is 11.6. The largest absolute Gasteiger partial charge is 0.347 e. The highest BCUT2D eigenvalue weighted by molar-refractivity contribution is 5.96. The van der Waals surface area contributed by atoms with E-state index in [0.717, 1.165) is 12.0 Å². The molecule has 16 heavy (non-hydrogen) atoms. The normalized spacial score (nSPS) is 33.6. The Morgan fingerprint density at radius 3 is 2.56 bits per heavy atom. The zero-order chi connectivity index (χ0) is 12.0. The molecule has 90 valence electrons. The Bertz CT molecular complexity index is 341. The van der Waals surface area contributed by atoms with Gasteiger partial charge in [0.1, 0.15) is 5.60 Å². The molecule has 0 aromatic heterocycles. The van der Waals surface area contributed by atoms with Crippen LogP contribution >= 0.6 is 0 Å². The van der Waals surface area contributed by atoms with Gasteiger partial charge in [-0.15, -0.1) is 0 Å². The maximum atomic E-state index is 11.8. The van der Waals surface area contributed by atoms with Crippen LogP contribution in [0, 0.1) is 5.92 Å². The lowest BCUT2D eigenvalue weighted by Gasteiger charge is -2.31. The maximum Gasteiger partial charge on any atom is 0.164 e. The second-order valence-corrected chi connectivity index (χ2v) is 5.53. The number of ether oxygens (including phenoxy) is 2. The van der Waals surface area contributed by atoms with E-state index in [1.807, 2.05) is 33.8 Å². The molecule has 0 aromatic carbocycles. The predicted octanol–water partition coefficient (Wildman–Crippen LogP) is 2.45. The van der Waals surface area contributed by atoms with Crippen molar-refractivity contribution in [2.75, 3.05) is 6.61 Å². The lowest BCUT2D eigenvalue weighted by Crippen LogP contribution is -2.37. The summed E-state index contributed by atoms with van der Waals surface area (Å²) in [5, 5.41) is 0. The van der Waals surface area contributed by atoms with Crippen molar-refractivity contribution in [1.29, 1.82) is 0 Å². The van der Waals surface area contributed by atoms with Crippen LogP contribution in [0.3, 0.4) is 0 Å². The molecule has 1 unspecified atom stereocenters. The molecule has 0 radical (unpaired) electrons. The van der Waals surface area contributed by atoms with Gasteiger partial charge in [-0.2, -0.15) is 0 Å². The highest BCUT2D eigenvalue weighted by atomic mass is 16.8. The second-order valence-electron chi connectivity index (χ2n) is 5.53. The van der Waals surface area contributed by atoms with Crippen molar-refractivity contribution in [3.8, 4) is 0 Å². The smallest absolute Gasteiger partial charge is 0.164 e. The molecule has 0 N–H and O–H groups in total. The molecule has 0 amide bonds. The van der Waals surface area contributed by atoms with E-state index in [-0.39, 0.29) is 17.3 Å². The minimum Gasteiger partial charge on any atom is -0.347 e. The van der Waals surface area contributed by atoms with Crippen molar-refractivity contribution in [3.63, 3.8) is 0 Å². The zero-order valence-electron chi connectivity index (χ0n) is 10.5. The molecule has 3 heteroatoms. The molecule has 0 saturated carbocycles. The molecular formula is C13H20O3. The molecule has 1 saturated heterocycles. The Labute approximate surface area is 96.8 Å². The Morgan fingerprint density at radius 2 is 2.06 bits per heavy atom. The topological polar surface area (TPSA) is 35.5 Å². The SMILES string of the molecule is CC(C)C1=CC2(CCC1=O)COC(C)(C)O2. The quantitative estimate of drug-likeness (QED) is 0.686. The van der Waals surface area contributed by atoms with Gasteiger partial charge in [-0.1, -0.05) is 13.8 Å². The van der Waals surface area contributed by atoms with E-state index in [1.54, 1.807) is 0 Å². The summed E-state index contributed by atoms with van der Waals surface area (Å²) in [4.78, 5) is 11.8. The van der Waals surface area contributed by atoms with Gasteiger partial charge in [0.15, 0.2) is 11.6 Å². The molecule has 0 aromatic rings. The van der Waals surface area contributed by atoms with Crippen LogP contribution in [0.25, 0.3) is 0 Å². The van der Waals surface area contributed by atoms with Crippen LogP contribution in [0.5, 0.6) is 0 Å². The number of Topliss-reactive ketones (excluding diaryl/α,β-unsaturated/α-hetero) is 1. The highest BCUT2D eigenvalue weighted by Crippen LogP contribution is 2.39. The second kappa shape index (κ2) is 3.67. The molecule has 1 aliphatic carbocycles. The maximum absolute atomic E-state index is 11.8. The van der Waals surface area contributed by atoms with Crippen LogP contribution in [0.15, 0.2) is 11.6 Å². The van der Waals surface area contributed by atoms with Crippen LogP contribution in [0.1, 0.15) is 40.5 Å². The number of hydrogen-bond acceptors (Lipinski definition) is 3. The Balaban J connectivity index is 2.28. The van der Waals surface area contributed by atoms with E-state index < -0.39 is 5.79 Å². The minimum absolute atomic E-state index is 0.258. The van der Waals surface area contributed by atoms with Crippen molar-refractivity contribution < 1.29 is 14.3 Å². The van der Waals surface area contributed by atoms with E-state index in [0.29, 0.717) is 13.0 Å². The lowest BCUT2D eigenvalue weighted by atomic mass is 9.82. The Hall–Kier alpha value is -0.670. The van der Waals surface area contributed by atoms with Gasteiger partial charge in [0.05, 0.1) is 6.61 Å². The number of carbonyl (C=O) groups excluding carboxylic acids is 1. The molecule has 1 aliphatic heterocycles. The van der Waals surface area contributed by atoms with Crippen LogP contribution in [0.2, 0.25) is 0 Å². The summed E-state index contributed by atoms with van der Waals surface area (Å²) in [5.41, 5.74) is 0.532. The van der Waals surface area contributed by atoms with E-state index in [2.05, 4.69) is 0 Å². The van der Waals surface area contributed by atoms with Crippen LogP contribution < -0.4 is 0 Å². The van der Waals surface area contributed by atoms with Crippen LogP contribution in [0.4, 0.5) is 0 Å². The molecule has 2 aliphatic rings. The van der Waals surface area contributed by atoms with E-state index >= 15 is 0 Å². The Kier molecular flexibility index (Phi) is 2.71. The van der Waals surface area contributed by atoms with Gasteiger partial charge < -0.3 is 9.47 Å². The van der Waals surface area contributed by atoms with E-state index in [9.17, 15) is 4.79 Å².